The van der Waals surface area contributed by atoms with E-state index in [1.54, 1.807) is 25.2 Å². The zero-order valence-electron chi connectivity index (χ0n) is 15.0. The Morgan fingerprint density at radius 2 is 1.63 bits per heavy atom. The van der Waals surface area contributed by atoms with Crippen molar-refractivity contribution in [3.8, 4) is 0 Å². The number of nitrogens with two attached hydrogens (primary N) is 1. The summed E-state index contributed by atoms with van der Waals surface area (Å²) in [7, 11) is -1.98. The Morgan fingerprint density at radius 3 is 2.15 bits per heavy atom. The van der Waals surface area contributed by atoms with Gasteiger partial charge in [-0.25, -0.2) is 17.9 Å². The molecule has 9 heteroatoms. The van der Waals surface area contributed by atoms with Crippen molar-refractivity contribution in [3.05, 3.63) is 65.5 Å². The molecule has 0 fully saturated rings. The molecule has 0 aliphatic rings. The monoisotopic (exact) mass is 506 g/mol. The molecule has 0 atom stereocenters. The molecule has 0 radical (unpaired) electrons. The Labute approximate surface area is 176 Å². The van der Waals surface area contributed by atoms with Crippen LogP contribution in [0.5, 0.6) is 0 Å². The Hall–Kier alpha value is -1.72. The lowest BCUT2D eigenvalue weighted by Crippen LogP contribution is -2.39. The largest absolute Gasteiger partial charge is 0.356 e. The summed E-state index contributed by atoms with van der Waals surface area (Å²) in [6.07, 6.45) is 1.39. The maximum atomic E-state index is 13.1. The van der Waals surface area contributed by atoms with Gasteiger partial charge in [-0.3, -0.25) is 4.99 Å². The van der Waals surface area contributed by atoms with Gasteiger partial charge in [0.1, 0.15) is 5.82 Å². The fourth-order valence-corrected chi connectivity index (χ4v) is 2.92. The van der Waals surface area contributed by atoms with Gasteiger partial charge >= 0.3 is 0 Å². The zero-order valence-corrected chi connectivity index (χ0v) is 18.1. The molecule has 0 saturated heterocycles. The molecule has 2 aromatic rings. The maximum absolute atomic E-state index is 13.1. The molecule has 0 aliphatic carbocycles. The number of sulfonamides is 1. The second-order valence-corrected chi connectivity index (χ2v) is 7.31. The lowest BCUT2D eigenvalue weighted by molar-refractivity contribution is 0.597. The number of rotatable bonds is 7. The smallest absolute Gasteiger partial charge is 0.238 e. The van der Waals surface area contributed by atoms with Gasteiger partial charge in [0, 0.05) is 20.1 Å². The summed E-state index contributed by atoms with van der Waals surface area (Å²) in [6, 6.07) is 13.0. The van der Waals surface area contributed by atoms with E-state index in [-0.39, 0.29) is 34.7 Å². The Bertz CT molecular complexity index is 858. The topological polar surface area (TPSA) is 96.6 Å². The Morgan fingerprint density at radius 1 is 1.04 bits per heavy atom. The summed E-state index contributed by atoms with van der Waals surface area (Å²) in [6.45, 7) is 1.26. The molecule has 27 heavy (non-hydrogen) atoms. The van der Waals surface area contributed by atoms with Crippen molar-refractivity contribution in [1.82, 2.24) is 10.6 Å². The molecule has 0 aromatic heterocycles. The van der Waals surface area contributed by atoms with E-state index in [1.165, 1.54) is 24.3 Å². The van der Waals surface area contributed by atoms with Crippen molar-refractivity contribution >= 4 is 40.0 Å². The number of hydrogen-bond donors (Lipinski definition) is 3. The zero-order chi connectivity index (χ0) is 19.0. The van der Waals surface area contributed by atoms with Gasteiger partial charge in [-0.2, -0.15) is 0 Å². The van der Waals surface area contributed by atoms with Crippen molar-refractivity contribution in [2.45, 2.75) is 17.7 Å². The quantitative estimate of drug-likeness (QED) is 0.304. The molecule has 0 aliphatic heterocycles. The molecule has 0 unspecified atom stereocenters. The predicted octanol–water partition coefficient (Wildman–Crippen LogP) is 2.04. The number of nitrogens with one attached hydrogen (secondary N) is 2. The first kappa shape index (κ1) is 23.3. The number of halogens is 2. The van der Waals surface area contributed by atoms with Gasteiger partial charge in [-0.05, 0) is 48.2 Å². The SMILES string of the molecule is CN=C(NCCc1ccc(S(N)(=O)=O)cc1)NCCc1cccc(F)c1.I. The lowest BCUT2D eigenvalue weighted by Gasteiger charge is -2.12. The van der Waals surface area contributed by atoms with Crippen molar-refractivity contribution in [2.75, 3.05) is 20.1 Å². The summed E-state index contributed by atoms with van der Waals surface area (Å²) in [5, 5.41) is 11.4. The van der Waals surface area contributed by atoms with Crippen LogP contribution in [0.4, 0.5) is 4.39 Å². The number of primary sulfonamides is 1. The molecule has 0 amide bonds. The van der Waals surface area contributed by atoms with Crippen molar-refractivity contribution in [3.63, 3.8) is 0 Å². The third-order valence-corrected chi connectivity index (χ3v) is 4.71. The fraction of sp³-hybridized carbons (Fsp3) is 0.278. The molecule has 0 saturated carbocycles. The number of aliphatic imine (C=N–C) groups is 1. The van der Waals surface area contributed by atoms with Crippen LogP contribution in [0.2, 0.25) is 0 Å². The first-order valence-corrected chi connectivity index (χ1v) is 9.74. The molecule has 2 aromatic carbocycles. The minimum atomic E-state index is -3.66. The van der Waals surface area contributed by atoms with E-state index in [0.29, 0.717) is 31.9 Å². The minimum Gasteiger partial charge on any atom is -0.356 e. The summed E-state index contributed by atoms with van der Waals surface area (Å²) < 4.78 is 35.6. The van der Waals surface area contributed by atoms with E-state index in [0.717, 1.165) is 11.1 Å². The number of hydrogen-bond acceptors (Lipinski definition) is 3. The summed E-state index contributed by atoms with van der Waals surface area (Å²) >= 11 is 0. The highest BCUT2D eigenvalue weighted by molar-refractivity contribution is 14.0. The second-order valence-electron chi connectivity index (χ2n) is 5.74. The van der Waals surface area contributed by atoms with Gasteiger partial charge in [0.15, 0.2) is 5.96 Å². The number of benzene rings is 2. The fourth-order valence-electron chi connectivity index (χ4n) is 2.41. The van der Waals surface area contributed by atoms with E-state index < -0.39 is 10.0 Å². The third kappa shape index (κ3) is 8.22. The van der Waals surface area contributed by atoms with Crippen molar-refractivity contribution in [1.29, 1.82) is 0 Å². The third-order valence-electron chi connectivity index (χ3n) is 3.78. The predicted molar refractivity (Wildman–Crippen MR) is 116 cm³/mol. The highest BCUT2D eigenvalue weighted by atomic mass is 127. The van der Waals surface area contributed by atoms with E-state index in [2.05, 4.69) is 15.6 Å². The second kappa shape index (κ2) is 11.2. The van der Waals surface area contributed by atoms with Gasteiger partial charge in [-0.15, -0.1) is 24.0 Å². The maximum Gasteiger partial charge on any atom is 0.238 e. The molecule has 148 valence electrons. The first-order valence-electron chi connectivity index (χ1n) is 8.19. The average Bonchev–Trinajstić information content (AvgIpc) is 2.60. The standard InChI is InChI=1S/C18H23FN4O2S.HI/c1-21-18(23-12-10-15-3-2-4-16(19)13-15)22-11-9-14-5-7-17(8-6-14)26(20,24)25;/h2-8,13H,9-12H2,1H3,(H2,20,24,25)(H2,21,22,23);1H. The Balaban J connectivity index is 0.00000364. The van der Waals surface area contributed by atoms with Crippen LogP contribution in [-0.2, 0) is 22.9 Å². The average molecular weight is 506 g/mol. The first-order chi connectivity index (χ1) is 12.4. The van der Waals surface area contributed by atoms with Crippen molar-refractivity contribution < 1.29 is 12.8 Å². The molecule has 6 nitrogen and oxygen atoms in total. The molecule has 0 bridgehead atoms. The molecule has 0 spiro atoms. The number of guanidine groups is 1. The van der Waals surface area contributed by atoms with Crippen LogP contribution in [-0.4, -0.2) is 34.5 Å². The van der Waals surface area contributed by atoms with Gasteiger partial charge < -0.3 is 10.6 Å². The van der Waals surface area contributed by atoms with Crippen LogP contribution in [0.25, 0.3) is 0 Å². The van der Waals surface area contributed by atoms with E-state index in [1.807, 2.05) is 6.07 Å². The minimum absolute atomic E-state index is 0. The molecule has 2 rings (SSSR count). The summed E-state index contributed by atoms with van der Waals surface area (Å²) in [4.78, 5) is 4.24. The highest BCUT2D eigenvalue weighted by Gasteiger charge is 2.06. The van der Waals surface area contributed by atoms with Crippen molar-refractivity contribution in [2.24, 2.45) is 10.1 Å². The van der Waals surface area contributed by atoms with Crippen LogP contribution in [0.1, 0.15) is 11.1 Å². The van der Waals surface area contributed by atoms with E-state index >= 15 is 0 Å². The van der Waals surface area contributed by atoms with Crippen LogP contribution in [0.3, 0.4) is 0 Å². The highest BCUT2D eigenvalue weighted by Crippen LogP contribution is 2.09. The Kier molecular flexibility index (Phi) is 9.67. The summed E-state index contributed by atoms with van der Waals surface area (Å²) in [5.41, 5.74) is 1.91. The molecular weight excluding hydrogens is 482 g/mol. The van der Waals surface area contributed by atoms with E-state index in [4.69, 9.17) is 5.14 Å². The summed E-state index contributed by atoms with van der Waals surface area (Å²) in [5.74, 6) is 0.418. The van der Waals surface area contributed by atoms with Gasteiger partial charge in [0.25, 0.3) is 0 Å². The van der Waals surface area contributed by atoms with Crippen LogP contribution >= 0.6 is 24.0 Å². The molecule has 0 heterocycles. The van der Waals surface area contributed by atoms with Gasteiger partial charge in [0.05, 0.1) is 4.90 Å². The van der Waals surface area contributed by atoms with Gasteiger partial charge in [0.2, 0.25) is 10.0 Å². The van der Waals surface area contributed by atoms with Crippen LogP contribution in [0, 0.1) is 5.82 Å². The molecule has 4 N–H and O–H groups in total. The van der Waals surface area contributed by atoms with E-state index in [9.17, 15) is 12.8 Å². The number of nitrogens with zero attached hydrogens (tertiary/aromatic N) is 1. The van der Waals surface area contributed by atoms with Crippen LogP contribution in [0.15, 0.2) is 58.4 Å². The molecular formula is C18H24FIN4O2S. The lowest BCUT2D eigenvalue weighted by atomic mass is 10.1. The normalized spacial score (nSPS) is 11.6. The van der Waals surface area contributed by atoms with Gasteiger partial charge in [-0.1, -0.05) is 24.3 Å². The van der Waals surface area contributed by atoms with Crippen LogP contribution < -0.4 is 15.8 Å².